The van der Waals surface area contributed by atoms with Crippen LogP contribution in [0.2, 0.25) is 0 Å². The molecule has 0 fully saturated rings. The van der Waals surface area contributed by atoms with E-state index in [1.165, 1.54) is 0 Å². The summed E-state index contributed by atoms with van der Waals surface area (Å²) < 4.78 is 12.0. The highest BCUT2D eigenvalue weighted by atomic mass is 16.5. The molecule has 0 saturated heterocycles. The molecule has 184 valence electrons. The number of nitrogens with one attached hydrogen (secondary N) is 1. The van der Waals surface area contributed by atoms with Crippen molar-refractivity contribution in [2.24, 2.45) is 0 Å². The van der Waals surface area contributed by atoms with Gasteiger partial charge in [0.2, 0.25) is 0 Å². The summed E-state index contributed by atoms with van der Waals surface area (Å²) in [6, 6.07) is 43.2. The number of nitrogen functional groups attached to an aromatic ring is 1. The van der Waals surface area contributed by atoms with Gasteiger partial charge in [-0.15, -0.1) is 0 Å². The highest BCUT2D eigenvalue weighted by Crippen LogP contribution is 2.35. The fourth-order valence-corrected chi connectivity index (χ4v) is 4.19. The molecule has 38 heavy (non-hydrogen) atoms. The van der Waals surface area contributed by atoms with Gasteiger partial charge in [0, 0.05) is 22.4 Å². The van der Waals surface area contributed by atoms with Crippen LogP contribution in [-0.4, -0.2) is 9.97 Å². The van der Waals surface area contributed by atoms with E-state index in [4.69, 9.17) is 20.2 Å². The fraction of sp³-hybridized carbons (Fsp3) is 0. The molecule has 1 aromatic heterocycles. The fourth-order valence-electron chi connectivity index (χ4n) is 4.19. The zero-order valence-electron chi connectivity index (χ0n) is 20.5. The minimum absolute atomic E-state index is 0.702. The van der Waals surface area contributed by atoms with Crippen molar-refractivity contribution >= 4 is 5.69 Å². The summed E-state index contributed by atoms with van der Waals surface area (Å²) in [5.74, 6) is 3.85. The molecule has 0 saturated carbocycles. The third-order valence-corrected chi connectivity index (χ3v) is 6.12. The smallest absolute Gasteiger partial charge is 0.138 e. The largest absolute Gasteiger partial charge is 0.457 e. The summed E-state index contributed by atoms with van der Waals surface area (Å²) in [5.41, 5.74) is 11.3. The first kappa shape index (κ1) is 23.1. The van der Waals surface area contributed by atoms with E-state index in [0.29, 0.717) is 5.69 Å². The number of nitrogens with zero attached hydrogens (tertiary/aromatic N) is 1. The number of anilines is 1. The number of H-pyrrole nitrogens is 1. The predicted octanol–water partition coefficient (Wildman–Crippen LogP) is 8.58. The van der Waals surface area contributed by atoms with Gasteiger partial charge in [-0.05, 0) is 84.9 Å². The molecule has 6 rings (SSSR count). The van der Waals surface area contributed by atoms with Gasteiger partial charge in [0.25, 0.3) is 0 Å². The first-order chi connectivity index (χ1) is 18.7. The Morgan fingerprint density at radius 1 is 0.474 bits per heavy atom. The Morgan fingerprint density at radius 3 is 1.53 bits per heavy atom. The van der Waals surface area contributed by atoms with Crippen LogP contribution in [0.3, 0.4) is 0 Å². The number of rotatable bonds is 7. The predicted molar refractivity (Wildman–Crippen MR) is 152 cm³/mol. The minimum Gasteiger partial charge on any atom is -0.457 e. The van der Waals surface area contributed by atoms with Crippen molar-refractivity contribution in [3.8, 4) is 56.9 Å². The Bertz CT molecular complexity index is 1630. The van der Waals surface area contributed by atoms with Crippen LogP contribution in [0.1, 0.15) is 0 Å². The van der Waals surface area contributed by atoms with E-state index in [-0.39, 0.29) is 0 Å². The molecule has 0 aliphatic heterocycles. The van der Waals surface area contributed by atoms with E-state index < -0.39 is 0 Å². The lowest BCUT2D eigenvalue weighted by Gasteiger charge is -2.09. The maximum Gasteiger partial charge on any atom is 0.138 e. The zero-order chi connectivity index (χ0) is 25.7. The van der Waals surface area contributed by atoms with Gasteiger partial charge in [-0.25, -0.2) is 4.98 Å². The van der Waals surface area contributed by atoms with E-state index in [9.17, 15) is 0 Å². The van der Waals surface area contributed by atoms with Gasteiger partial charge in [-0.3, -0.25) is 0 Å². The second-order valence-electron chi connectivity index (χ2n) is 8.81. The maximum absolute atomic E-state index is 5.98. The van der Waals surface area contributed by atoms with Gasteiger partial charge in [0.15, 0.2) is 0 Å². The van der Waals surface area contributed by atoms with Gasteiger partial charge in [-0.1, -0.05) is 48.5 Å². The molecular formula is C33H25N3O2. The van der Waals surface area contributed by atoms with Gasteiger partial charge >= 0.3 is 0 Å². The highest BCUT2D eigenvalue weighted by Gasteiger charge is 2.16. The number of para-hydroxylation sites is 1. The normalized spacial score (nSPS) is 10.7. The van der Waals surface area contributed by atoms with E-state index in [2.05, 4.69) is 4.98 Å². The van der Waals surface area contributed by atoms with Crippen molar-refractivity contribution in [1.29, 1.82) is 0 Å². The molecule has 1 heterocycles. The Morgan fingerprint density at radius 2 is 0.947 bits per heavy atom. The Labute approximate surface area is 221 Å². The first-order valence-corrected chi connectivity index (χ1v) is 12.3. The van der Waals surface area contributed by atoms with Gasteiger partial charge in [0.05, 0.1) is 11.4 Å². The summed E-state index contributed by atoms with van der Waals surface area (Å²) in [6.45, 7) is 0. The van der Waals surface area contributed by atoms with E-state index in [1.54, 1.807) is 0 Å². The van der Waals surface area contributed by atoms with Crippen LogP contribution in [0, 0.1) is 0 Å². The van der Waals surface area contributed by atoms with Gasteiger partial charge < -0.3 is 20.2 Å². The van der Waals surface area contributed by atoms with E-state index >= 15 is 0 Å². The third-order valence-electron chi connectivity index (χ3n) is 6.12. The quantitative estimate of drug-likeness (QED) is 0.218. The molecule has 0 amide bonds. The molecule has 6 aromatic rings. The topological polar surface area (TPSA) is 73.2 Å². The molecule has 5 nitrogen and oxygen atoms in total. The van der Waals surface area contributed by atoms with Crippen molar-refractivity contribution in [2.75, 3.05) is 5.73 Å². The van der Waals surface area contributed by atoms with E-state index in [1.807, 2.05) is 133 Å². The molecule has 0 aliphatic rings. The standard InChI is InChI=1S/C33H25N3O2/c34-26-15-21-30(22-16-26)38-29-19-13-24(14-20-29)32-31(35-33(36-32)25-7-3-1-4-8-25)23-11-17-28(18-12-23)37-27-9-5-2-6-10-27/h1-22H,34H2,(H,35,36). The lowest BCUT2D eigenvalue weighted by atomic mass is 10.0. The summed E-state index contributed by atoms with van der Waals surface area (Å²) in [7, 11) is 0. The SMILES string of the molecule is Nc1ccc(Oc2ccc(-c3[nH]c(-c4ccccc4)nc3-c3ccc(Oc4ccccc4)cc3)cc2)cc1. The van der Waals surface area contributed by atoms with Crippen LogP contribution in [0.5, 0.6) is 23.0 Å². The maximum atomic E-state index is 5.98. The lowest BCUT2D eigenvalue weighted by molar-refractivity contribution is 0.482. The number of aromatic amines is 1. The van der Waals surface area contributed by atoms with Crippen molar-refractivity contribution in [3.63, 3.8) is 0 Å². The highest BCUT2D eigenvalue weighted by molar-refractivity contribution is 5.81. The number of ether oxygens (including phenoxy) is 2. The van der Waals surface area contributed by atoms with E-state index in [0.717, 1.165) is 56.9 Å². The summed E-state index contributed by atoms with van der Waals surface area (Å²) in [5, 5.41) is 0. The van der Waals surface area contributed by atoms with Crippen LogP contribution in [0.4, 0.5) is 5.69 Å². The Balaban J connectivity index is 1.32. The second-order valence-corrected chi connectivity index (χ2v) is 8.81. The molecule has 0 bridgehead atoms. The zero-order valence-corrected chi connectivity index (χ0v) is 20.5. The molecule has 0 unspecified atom stereocenters. The van der Waals surface area contributed by atoms with Crippen molar-refractivity contribution in [2.45, 2.75) is 0 Å². The lowest BCUT2D eigenvalue weighted by Crippen LogP contribution is -1.88. The molecule has 0 spiro atoms. The average molecular weight is 496 g/mol. The van der Waals surface area contributed by atoms with Crippen molar-refractivity contribution in [1.82, 2.24) is 9.97 Å². The molecular weight excluding hydrogens is 470 g/mol. The average Bonchev–Trinajstić information content (AvgIpc) is 3.42. The molecule has 0 radical (unpaired) electrons. The van der Waals surface area contributed by atoms with Crippen molar-refractivity contribution in [3.05, 3.63) is 133 Å². The molecule has 5 aromatic carbocycles. The Kier molecular flexibility index (Phi) is 6.31. The number of benzene rings is 5. The number of imidazole rings is 1. The Hall–Kier alpha value is -5.29. The van der Waals surface area contributed by atoms with Crippen LogP contribution in [-0.2, 0) is 0 Å². The first-order valence-electron chi connectivity index (χ1n) is 12.3. The van der Waals surface area contributed by atoms with Crippen LogP contribution >= 0.6 is 0 Å². The molecule has 3 N–H and O–H groups in total. The van der Waals surface area contributed by atoms with Crippen molar-refractivity contribution < 1.29 is 9.47 Å². The summed E-state index contributed by atoms with van der Waals surface area (Å²) in [6.07, 6.45) is 0. The minimum atomic E-state index is 0.702. The van der Waals surface area contributed by atoms with Gasteiger partial charge in [-0.2, -0.15) is 0 Å². The monoisotopic (exact) mass is 495 g/mol. The summed E-state index contributed by atoms with van der Waals surface area (Å²) >= 11 is 0. The number of aromatic nitrogens is 2. The van der Waals surface area contributed by atoms with Gasteiger partial charge in [0.1, 0.15) is 28.8 Å². The number of nitrogens with two attached hydrogens (primary N) is 1. The van der Waals surface area contributed by atoms with Crippen LogP contribution in [0.15, 0.2) is 133 Å². The molecule has 0 atom stereocenters. The summed E-state index contributed by atoms with van der Waals surface area (Å²) in [4.78, 5) is 8.55. The number of hydrogen-bond donors (Lipinski definition) is 2. The number of hydrogen-bond acceptors (Lipinski definition) is 4. The van der Waals surface area contributed by atoms with Crippen LogP contribution < -0.4 is 15.2 Å². The van der Waals surface area contributed by atoms with Crippen LogP contribution in [0.25, 0.3) is 33.9 Å². The molecule has 0 aliphatic carbocycles. The second kappa shape index (κ2) is 10.4. The molecule has 5 heteroatoms. The third kappa shape index (κ3) is 5.13.